The molecule has 1 rings (SSSR count). The van der Waals surface area contributed by atoms with Crippen LogP contribution in [0.4, 0.5) is 5.69 Å². The van der Waals surface area contributed by atoms with E-state index in [1.165, 1.54) is 0 Å². The summed E-state index contributed by atoms with van der Waals surface area (Å²) < 4.78 is 0. The lowest BCUT2D eigenvalue weighted by molar-refractivity contribution is 1.06. The van der Waals surface area contributed by atoms with Crippen LogP contribution >= 0.6 is 23.2 Å². The second-order valence-corrected chi connectivity index (χ2v) is 3.82. The molecule has 0 heterocycles. The molecule has 0 amide bonds. The second kappa shape index (κ2) is 4.18. The molecule has 0 aliphatic carbocycles. The molecule has 72 valence electrons. The van der Waals surface area contributed by atoms with E-state index in [-0.39, 0.29) is 0 Å². The fourth-order valence-electron chi connectivity index (χ4n) is 1.16. The summed E-state index contributed by atoms with van der Waals surface area (Å²) in [6.45, 7) is 0.452. The van der Waals surface area contributed by atoms with Crippen LogP contribution in [-0.4, -0.2) is 14.1 Å². The summed E-state index contributed by atoms with van der Waals surface area (Å²) in [6, 6.07) is 3.67. The summed E-state index contributed by atoms with van der Waals surface area (Å²) >= 11 is 12.1. The summed E-state index contributed by atoms with van der Waals surface area (Å²) in [4.78, 5) is 1.88. The first kappa shape index (κ1) is 10.6. The number of nitrogens with two attached hydrogens (primary N) is 1. The molecule has 0 fully saturated rings. The number of anilines is 1. The molecular formula is C9H12Cl2N2. The molecule has 0 aromatic heterocycles. The Balaban J connectivity index is 3.23. The van der Waals surface area contributed by atoms with Crippen molar-refractivity contribution in [3.05, 3.63) is 27.7 Å². The van der Waals surface area contributed by atoms with Crippen molar-refractivity contribution in [3.8, 4) is 0 Å². The van der Waals surface area contributed by atoms with Gasteiger partial charge in [0, 0.05) is 20.6 Å². The van der Waals surface area contributed by atoms with Crippen molar-refractivity contribution in [1.29, 1.82) is 0 Å². The lowest BCUT2D eigenvalue weighted by Crippen LogP contribution is -2.10. The minimum atomic E-state index is 0.452. The first-order valence-electron chi connectivity index (χ1n) is 3.91. The van der Waals surface area contributed by atoms with Gasteiger partial charge in [0.1, 0.15) is 0 Å². The molecule has 0 saturated carbocycles. The maximum absolute atomic E-state index is 6.03. The zero-order valence-electron chi connectivity index (χ0n) is 7.64. The van der Waals surface area contributed by atoms with Crippen LogP contribution in [0, 0.1) is 0 Å². The van der Waals surface area contributed by atoms with Crippen LogP contribution in [0.15, 0.2) is 12.1 Å². The van der Waals surface area contributed by atoms with E-state index in [0.29, 0.717) is 16.6 Å². The minimum absolute atomic E-state index is 0.452. The van der Waals surface area contributed by atoms with Crippen molar-refractivity contribution in [3.63, 3.8) is 0 Å². The van der Waals surface area contributed by atoms with Crippen molar-refractivity contribution in [2.75, 3.05) is 19.0 Å². The molecule has 0 aliphatic heterocycles. The smallest absolute Gasteiger partial charge is 0.0739 e. The average Bonchev–Trinajstić information content (AvgIpc) is 2.02. The normalized spacial score (nSPS) is 10.2. The number of nitrogens with zero attached hydrogens (tertiary/aromatic N) is 1. The predicted molar refractivity (Wildman–Crippen MR) is 58.7 cm³/mol. The van der Waals surface area contributed by atoms with Gasteiger partial charge in [-0.2, -0.15) is 0 Å². The molecule has 1 aromatic carbocycles. The predicted octanol–water partition coefficient (Wildman–Crippen LogP) is 2.52. The fourth-order valence-corrected chi connectivity index (χ4v) is 2.03. The number of hydrogen-bond donors (Lipinski definition) is 1. The van der Waals surface area contributed by atoms with Crippen LogP contribution in [0.1, 0.15) is 5.56 Å². The SMILES string of the molecule is CN(C)c1c(Cl)cc(CN)cc1Cl. The molecular weight excluding hydrogens is 207 g/mol. The van der Waals surface area contributed by atoms with Crippen molar-refractivity contribution in [2.24, 2.45) is 5.73 Å². The third-order valence-corrected chi connectivity index (χ3v) is 2.34. The van der Waals surface area contributed by atoms with Crippen molar-refractivity contribution >= 4 is 28.9 Å². The van der Waals surface area contributed by atoms with Gasteiger partial charge in [0.15, 0.2) is 0 Å². The Kier molecular flexibility index (Phi) is 3.42. The monoisotopic (exact) mass is 218 g/mol. The molecule has 0 spiro atoms. The van der Waals surface area contributed by atoms with Gasteiger partial charge >= 0.3 is 0 Å². The molecule has 1 aromatic rings. The highest BCUT2D eigenvalue weighted by Gasteiger charge is 2.08. The summed E-state index contributed by atoms with van der Waals surface area (Å²) in [5, 5.41) is 1.27. The summed E-state index contributed by atoms with van der Waals surface area (Å²) in [5.74, 6) is 0. The summed E-state index contributed by atoms with van der Waals surface area (Å²) in [5.41, 5.74) is 7.26. The van der Waals surface area contributed by atoms with E-state index < -0.39 is 0 Å². The van der Waals surface area contributed by atoms with E-state index in [2.05, 4.69) is 0 Å². The van der Waals surface area contributed by atoms with E-state index >= 15 is 0 Å². The summed E-state index contributed by atoms with van der Waals surface area (Å²) in [6.07, 6.45) is 0. The Morgan fingerprint density at radius 1 is 1.23 bits per heavy atom. The molecule has 0 atom stereocenters. The van der Waals surface area contributed by atoms with Crippen molar-refractivity contribution < 1.29 is 0 Å². The van der Waals surface area contributed by atoms with Crippen LogP contribution in [-0.2, 0) is 6.54 Å². The second-order valence-electron chi connectivity index (χ2n) is 3.01. The third kappa shape index (κ3) is 2.27. The molecule has 13 heavy (non-hydrogen) atoms. The Bertz CT molecular complexity index is 287. The Hall–Kier alpha value is -0.440. The number of benzene rings is 1. The quantitative estimate of drug-likeness (QED) is 0.827. The van der Waals surface area contributed by atoms with Crippen molar-refractivity contribution in [1.82, 2.24) is 0 Å². The van der Waals surface area contributed by atoms with Gasteiger partial charge in [-0.25, -0.2) is 0 Å². The van der Waals surface area contributed by atoms with Gasteiger partial charge < -0.3 is 10.6 Å². The molecule has 0 bridgehead atoms. The zero-order chi connectivity index (χ0) is 10.0. The van der Waals surface area contributed by atoms with Crippen LogP contribution in [0.5, 0.6) is 0 Å². The maximum Gasteiger partial charge on any atom is 0.0739 e. The Morgan fingerprint density at radius 2 is 1.69 bits per heavy atom. The van der Waals surface area contributed by atoms with E-state index in [1.54, 1.807) is 0 Å². The van der Waals surface area contributed by atoms with Crippen LogP contribution in [0.25, 0.3) is 0 Å². The average molecular weight is 219 g/mol. The zero-order valence-corrected chi connectivity index (χ0v) is 9.15. The van der Waals surface area contributed by atoms with E-state index in [0.717, 1.165) is 11.3 Å². The van der Waals surface area contributed by atoms with Crippen molar-refractivity contribution in [2.45, 2.75) is 6.54 Å². The molecule has 4 heteroatoms. The number of rotatable bonds is 2. The van der Waals surface area contributed by atoms with Crippen LogP contribution < -0.4 is 10.6 Å². The molecule has 0 radical (unpaired) electrons. The van der Waals surface area contributed by atoms with Gasteiger partial charge in [0.25, 0.3) is 0 Å². The highest BCUT2D eigenvalue weighted by atomic mass is 35.5. The van der Waals surface area contributed by atoms with Gasteiger partial charge in [-0.3, -0.25) is 0 Å². The van der Waals surface area contributed by atoms with E-state index in [4.69, 9.17) is 28.9 Å². The maximum atomic E-state index is 6.03. The lowest BCUT2D eigenvalue weighted by Gasteiger charge is -2.16. The van der Waals surface area contributed by atoms with E-state index in [1.807, 2.05) is 31.1 Å². The van der Waals surface area contributed by atoms with E-state index in [9.17, 15) is 0 Å². The summed E-state index contributed by atoms with van der Waals surface area (Å²) in [7, 11) is 3.80. The Labute approximate surface area is 88.2 Å². The minimum Gasteiger partial charge on any atom is -0.375 e. The van der Waals surface area contributed by atoms with Gasteiger partial charge in [0.05, 0.1) is 15.7 Å². The van der Waals surface area contributed by atoms with Gasteiger partial charge in [0.2, 0.25) is 0 Å². The Morgan fingerprint density at radius 3 is 2.00 bits per heavy atom. The molecule has 2 N–H and O–H groups in total. The number of hydrogen-bond acceptors (Lipinski definition) is 2. The van der Waals surface area contributed by atoms with Gasteiger partial charge in [-0.05, 0) is 17.7 Å². The standard InChI is InChI=1S/C9H12Cl2N2/c1-13(2)9-7(10)3-6(5-12)4-8(9)11/h3-4H,5,12H2,1-2H3. The van der Waals surface area contributed by atoms with Gasteiger partial charge in [-0.1, -0.05) is 23.2 Å². The first-order valence-corrected chi connectivity index (χ1v) is 4.67. The topological polar surface area (TPSA) is 29.3 Å². The molecule has 0 saturated heterocycles. The highest BCUT2D eigenvalue weighted by molar-refractivity contribution is 6.39. The largest absolute Gasteiger partial charge is 0.375 e. The fraction of sp³-hybridized carbons (Fsp3) is 0.333. The molecule has 0 aliphatic rings. The third-order valence-electron chi connectivity index (χ3n) is 1.76. The number of halogens is 2. The molecule has 2 nitrogen and oxygen atoms in total. The lowest BCUT2D eigenvalue weighted by atomic mass is 10.2. The molecule has 0 unspecified atom stereocenters. The van der Waals surface area contributed by atoms with Crippen LogP contribution in [0.3, 0.4) is 0 Å². The van der Waals surface area contributed by atoms with Gasteiger partial charge in [-0.15, -0.1) is 0 Å². The van der Waals surface area contributed by atoms with Crippen LogP contribution in [0.2, 0.25) is 10.0 Å². The highest BCUT2D eigenvalue weighted by Crippen LogP contribution is 2.33. The first-order chi connectivity index (χ1) is 6.06.